The first kappa shape index (κ1) is 12.2. The molecule has 0 spiro atoms. The molecule has 7 heteroatoms. The summed E-state index contributed by atoms with van der Waals surface area (Å²) in [7, 11) is 0. The van der Waals surface area contributed by atoms with E-state index in [0.717, 1.165) is 5.56 Å². The summed E-state index contributed by atoms with van der Waals surface area (Å²) < 4.78 is 5.65. The average Bonchev–Trinajstić information content (AvgIpc) is 2.85. The van der Waals surface area contributed by atoms with Gasteiger partial charge in [0.2, 0.25) is 11.2 Å². The fourth-order valence-electron chi connectivity index (χ4n) is 1.62. The van der Waals surface area contributed by atoms with E-state index in [1.807, 2.05) is 12.1 Å². The van der Waals surface area contributed by atoms with Gasteiger partial charge in [-0.25, -0.2) is 0 Å². The number of ether oxygens (including phenoxy) is 1. The second-order valence-corrected chi connectivity index (χ2v) is 4.62. The highest BCUT2D eigenvalue weighted by atomic mass is 35.5. The molecular weight excluding hydrogens is 287 g/mol. The van der Waals surface area contributed by atoms with E-state index in [2.05, 4.69) is 20.2 Å². The van der Waals surface area contributed by atoms with Gasteiger partial charge in [-0.2, -0.15) is 15.1 Å². The molecule has 5 nitrogen and oxygen atoms in total. The second-order valence-electron chi connectivity index (χ2n) is 3.85. The highest BCUT2D eigenvalue weighted by Gasteiger charge is 2.09. The Morgan fingerprint density at radius 3 is 2.68 bits per heavy atom. The zero-order valence-electron chi connectivity index (χ0n) is 9.60. The third-order valence-corrected chi connectivity index (χ3v) is 2.96. The Hall–Kier alpha value is -1.85. The van der Waals surface area contributed by atoms with Crippen LogP contribution in [0.3, 0.4) is 0 Å². The molecule has 0 fully saturated rings. The molecule has 0 bridgehead atoms. The van der Waals surface area contributed by atoms with Crippen molar-refractivity contribution in [2.45, 2.75) is 6.61 Å². The second kappa shape index (κ2) is 5.03. The molecule has 0 saturated carbocycles. The maximum atomic E-state index is 5.82. The minimum absolute atomic E-state index is 0.114. The van der Waals surface area contributed by atoms with Gasteiger partial charge in [-0.3, -0.25) is 5.10 Å². The first-order chi connectivity index (χ1) is 9.22. The van der Waals surface area contributed by atoms with E-state index in [-0.39, 0.29) is 5.28 Å². The van der Waals surface area contributed by atoms with Crippen LogP contribution in [0.25, 0.3) is 11.0 Å². The highest BCUT2D eigenvalue weighted by Crippen LogP contribution is 2.23. The van der Waals surface area contributed by atoms with Crippen LogP contribution >= 0.6 is 23.2 Å². The fourth-order valence-corrected chi connectivity index (χ4v) is 1.91. The molecule has 0 amide bonds. The van der Waals surface area contributed by atoms with Crippen LogP contribution in [-0.4, -0.2) is 20.2 Å². The Morgan fingerprint density at radius 1 is 1.11 bits per heavy atom. The van der Waals surface area contributed by atoms with Crippen LogP contribution in [0.2, 0.25) is 10.3 Å². The smallest absolute Gasteiger partial charge is 0.229 e. The molecule has 2 aromatic heterocycles. The SMILES string of the molecule is Clc1ccc(COc2nc(Cl)nc3[nH]ncc23)cc1. The van der Waals surface area contributed by atoms with Crippen molar-refractivity contribution in [1.82, 2.24) is 20.2 Å². The van der Waals surface area contributed by atoms with Crippen LogP contribution in [-0.2, 0) is 6.61 Å². The Balaban J connectivity index is 1.85. The van der Waals surface area contributed by atoms with Gasteiger partial charge < -0.3 is 4.74 Å². The van der Waals surface area contributed by atoms with Crippen LogP contribution in [0.1, 0.15) is 5.56 Å². The molecule has 0 saturated heterocycles. The Morgan fingerprint density at radius 2 is 1.89 bits per heavy atom. The summed E-state index contributed by atoms with van der Waals surface area (Å²) in [4.78, 5) is 8.05. The van der Waals surface area contributed by atoms with E-state index < -0.39 is 0 Å². The van der Waals surface area contributed by atoms with Gasteiger partial charge in [-0.05, 0) is 29.3 Å². The molecule has 0 radical (unpaired) electrons. The number of halogens is 2. The lowest BCUT2D eigenvalue weighted by atomic mass is 10.2. The summed E-state index contributed by atoms with van der Waals surface area (Å²) in [6.45, 7) is 0.366. The maximum absolute atomic E-state index is 5.82. The zero-order chi connectivity index (χ0) is 13.2. The molecule has 0 aliphatic carbocycles. The van der Waals surface area contributed by atoms with Gasteiger partial charge in [0.25, 0.3) is 0 Å². The molecular formula is C12H8Cl2N4O. The quantitative estimate of drug-likeness (QED) is 0.753. The third-order valence-electron chi connectivity index (χ3n) is 2.54. The monoisotopic (exact) mass is 294 g/mol. The standard InChI is InChI=1S/C12H8Cl2N4O/c13-8-3-1-7(2-4-8)6-19-11-9-5-15-18-10(9)16-12(14)17-11/h1-5H,6H2,(H,15,16,17,18). The predicted molar refractivity (Wildman–Crippen MR) is 72.5 cm³/mol. The molecule has 0 atom stereocenters. The van der Waals surface area contributed by atoms with Gasteiger partial charge in [-0.1, -0.05) is 23.7 Å². The highest BCUT2D eigenvalue weighted by molar-refractivity contribution is 6.30. The molecule has 3 rings (SSSR count). The molecule has 0 unspecified atom stereocenters. The summed E-state index contributed by atoms with van der Waals surface area (Å²) in [5.41, 5.74) is 1.53. The van der Waals surface area contributed by atoms with E-state index in [0.29, 0.717) is 28.5 Å². The van der Waals surface area contributed by atoms with Crippen molar-refractivity contribution >= 4 is 34.2 Å². The molecule has 1 aromatic carbocycles. The Kier molecular flexibility index (Phi) is 3.23. The van der Waals surface area contributed by atoms with Crippen LogP contribution in [0, 0.1) is 0 Å². The number of aromatic amines is 1. The van der Waals surface area contributed by atoms with Crippen LogP contribution < -0.4 is 4.74 Å². The van der Waals surface area contributed by atoms with Crippen molar-refractivity contribution in [3.8, 4) is 5.88 Å². The number of benzene rings is 1. The van der Waals surface area contributed by atoms with E-state index >= 15 is 0 Å². The van der Waals surface area contributed by atoms with Crippen molar-refractivity contribution < 1.29 is 4.74 Å². The van der Waals surface area contributed by atoms with Gasteiger partial charge in [0, 0.05) is 5.02 Å². The first-order valence-electron chi connectivity index (χ1n) is 5.46. The van der Waals surface area contributed by atoms with Crippen molar-refractivity contribution in [3.05, 3.63) is 46.3 Å². The maximum Gasteiger partial charge on any atom is 0.229 e. The summed E-state index contributed by atoms with van der Waals surface area (Å²) in [6, 6.07) is 7.39. The number of hydrogen-bond acceptors (Lipinski definition) is 4. The number of rotatable bonds is 3. The topological polar surface area (TPSA) is 63.7 Å². The summed E-state index contributed by atoms with van der Waals surface area (Å²) in [5, 5.41) is 8.10. The minimum Gasteiger partial charge on any atom is -0.472 e. The van der Waals surface area contributed by atoms with Crippen molar-refractivity contribution in [2.24, 2.45) is 0 Å². The van der Waals surface area contributed by atoms with E-state index in [9.17, 15) is 0 Å². The van der Waals surface area contributed by atoms with Crippen LogP contribution in [0.15, 0.2) is 30.5 Å². The van der Waals surface area contributed by atoms with Gasteiger partial charge in [0.15, 0.2) is 5.65 Å². The third kappa shape index (κ3) is 2.62. The van der Waals surface area contributed by atoms with Crippen molar-refractivity contribution in [3.63, 3.8) is 0 Å². The summed E-state index contributed by atoms with van der Waals surface area (Å²) >= 11 is 11.6. The first-order valence-corrected chi connectivity index (χ1v) is 6.22. The van der Waals surface area contributed by atoms with E-state index in [1.165, 1.54) is 0 Å². The lowest BCUT2D eigenvalue weighted by molar-refractivity contribution is 0.297. The molecule has 96 valence electrons. The number of fused-ring (bicyclic) bond motifs is 1. The number of nitrogens with zero attached hydrogens (tertiary/aromatic N) is 3. The molecule has 3 aromatic rings. The molecule has 0 aliphatic rings. The largest absolute Gasteiger partial charge is 0.472 e. The van der Waals surface area contributed by atoms with Crippen LogP contribution in [0.4, 0.5) is 0 Å². The van der Waals surface area contributed by atoms with E-state index in [1.54, 1.807) is 18.3 Å². The predicted octanol–water partition coefficient (Wildman–Crippen LogP) is 3.24. The normalized spacial score (nSPS) is 10.8. The number of H-pyrrole nitrogens is 1. The zero-order valence-corrected chi connectivity index (χ0v) is 11.1. The summed E-state index contributed by atoms with van der Waals surface area (Å²) in [6.07, 6.45) is 1.60. The van der Waals surface area contributed by atoms with Crippen molar-refractivity contribution in [2.75, 3.05) is 0 Å². The number of nitrogens with one attached hydrogen (secondary N) is 1. The fraction of sp³-hybridized carbons (Fsp3) is 0.0833. The average molecular weight is 295 g/mol. The van der Waals surface area contributed by atoms with Gasteiger partial charge in [0.05, 0.1) is 6.20 Å². The molecule has 1 N–H and O–H groups in total. The van der Waals surface area contributed by atoms with Crippen molar-refractivity contribution in [1.29, 1.82) is 0 Å². The van der Waals surface area contributed by atoms with Gasteiger partial charge >= 0.3 is 0 Å². The molecule has 19 heavy (non-hydrogen) atoms. The lowest BCUT2D eigenvalue weighted by Gasteiger charge is -2.06. The number of aromatic nitrogens is 4. The summed E-state index contributed by atoms with van der Waals surface area (Å²) in [5.74, 6) is 0.402. The molecule has 0 aliphatic heterocycles. The number of hydrogen-bond donors (Lipinski definition) is 1. The minimum atomic E-state index is 0.114. The molecule has 2 heterocycles. The van der Waals surface area contributed by atoms with Gasteiger partial charge in [0.1, 0.15) is 12.0 Å². The Labute approximate surface area is 118 Å². The Bertz CT molecular complexity index is 711. The van der Waals surface area contributed by atoms with Gasteiger partial charge in [-0.15, -0.1) is 0 Å². The van der Waals surface area contributed by atoms with E-state index in [4.69, 9.17) is 27.9 Å². The lowest BCUT2D eigenvalue weighted by Crippen LogP contribution is -1.98. The van der Waals surface area contributed by atoms with Crippen LogP contribution in [0.5, 0.6) is 5.88 Å².